The number of rotatable bonds is 5. The molecule has 0 radical (unpaired) electrons. The predicted molar refractivity (Wildman–Crippen MR) is 73.3 cm³/mol. The second kappa shape index (κ2) is 6.68. The molecule has 6 heteroatoms. The summed E-state index contributed by atoms with van der Waals surface area (Å²) in [6, 6.07) is 4.04. The molecule has 5 nitrogen and oxygen atoms in total. The number of aliphatic carboxylic acids is 1. The van der Waals surface area contributed by atoms with Gasteiger partial charge in [0.2, 0.25) is 5.91 Å². The second-order valence-corrected chi connectivity index (χ2v) is 5.66. The van der Waals surface area contributed by atoms with Gasteiger partial charge in [-0.05, 0) is 17.9 Å². The third-order valence-electron chi connectivity index (χ3n) is 3.25. The van der Waals surface area contributed by atoms with E-state index in [-0.39, 0.29) is 12.5 Å². The van der Waals surface area contributed by atoms with Crippen molar-refractivity contribution in [2.24, 2.45) is 0 Å². The number of amides is 1. The third kappa shape index (κ3) is 4.33. The maximum atomic E-state index is 12.0. The zero-order chi connectivity index (χ0) is 13.7. The fourth-order valence-electron chi connectivity index (χ4n) is 2.19. The summed E-state index contributed by atoms with van der Waals surface area (Å²) < 4.78 is 0. The molecule has 1 N–H and O–H groups in total. The number of carboxylic acids is 1. The van der Waals surface area contributed by atoms with Crippen LogP contribution in [-0.4, -0.2) is 59.5 Å². The van der Waals surface area contributed by atoms with E-state index in [9.17, 15) is 9.59 Å². The van der Waals surface area contributed by atoms with Gasteiger partial charge in [0.1, 0.15) is 0 Å². The molecule has 0 bridgehead atoms. The van der Waals surface area contributed by atoms with Crippen molar-refractivity contribution in [2.75, 3.05) is 32.7 Å². The van der Waals surface area contributed by atoms with E-state index in [0.29, 0.717) is 32.6 Å². The van der Waals surface area contributed by atoms with E-state index >= 15 is 0 Å². The molecule has 1 aliphatic rings. The summed E-state index contributed by atoms with van der Waals surface area (Å²) >= 11 is 1.67. The monoisotopic (exact) mass is 282 g/mol. The van der Waals surface area contributed by atoms with Crippen LogP contribution in [0.25, 0.3) is 0 Å². The standard InChI is InChI=1S/C13H18N2O3S/c16-12(4-3-11-2-1-9-19-11)15-7-5-14(6-8-15)10-13(17)18/h1-2,9H,3-8,10H2,(H,17,18). The van der Waals surface area contributed by atoms with Gasteiger partial charge in [-0.3, -0.25) is 14.5 Å². The summed E-state index contributed by atoms with van der Waals surface area (Å²) in [4.78, 5) is 27.6. The Hall–Kier alpha value is -1.40. The van der Waals surface area contributed by atoms with Crippen LogP contribution in [0.1, 0.15) is 11.3 Å². The van der Waals surface area contributed by atoms with Crippen molar-refractivity contribution in [1.29, 1.82) is 0 Å². The second-order valence-electron chi connectivity index (χ2n) is 4.63. The molecule has 1 amide bonds. The van der Waals surface area contributed by atoms with Gasteiger partial charge >= 0.3 is 5.97 Å². The van der Waals surface area contributed by atoms with Gasteiger partial charge in [0.05, 0.1) is 6.54 Å². The summed E-state index contributed by atoms with van der Waals surface area (Å²) in [5.74, 6) is -0.638. The Bertz CT molecular complexity index is 425. The number of thiophene rings is 1. The van der Waals surface area contributed by atoms with E-state index in [0.717, 1.165) is 6.42 Å². The first kappa shape index (κ1) is 14.0. The van der Waals surface area contributed by atoms with E-state index in [4.69, 9.17) is 5.11 Å². The van der Waals surface area contributed by atoms with Crippen LogP contribution in [0, 0.1) is 0 Å². The molecule has 104 valence electrons. The highest BCUT2D eigenvalue weighted by Gasteiger charge is 2.21. The maximum absolute atomic E-state index is 12.0. The number of carbonyl (C=O) groups excluding carboxylic acids is 1. The third-order valence-corrected chi connectivity index (χ3v) is 4.19. The van der Waals surface area contributed by atoms with Gasteiger partial charge in [-0.15, -0.1) is 11.3 Å². The molecule has 1 fully saturated rings. The molecule has 0 spiro atoms. The molecule has 0 unspecified atom stereocenters. The highest BCUT2D eigenvalue weighted by atomic mass is 32.1. The largest absolute Gasteiger partial charge is 0.480 e. The Morgan fingerprint density at radius 3 is 2.58 bits per heavy atom. The van der Waals surface area contributed by atoms with Crippen LogP contribution >= 0.6 is 11.3 Å². The fraction of sp³-hybridized carbons (Fsp3) is 0.538. The molecule has 1 saturated heterocycles. The van der Waals surface area contributed by atoms with E-state index in [1.807, 2.05) is 27.3 Å². The van der Waals surface area contributed by atoms with Crippen molar-refractivity contribution in [3.8, 4) is 0 Å². The molecule has 0 atom stereocenters. The average molecular weight is 282 g/mol. The summed E-state index contributed by atoms with van der Waals surface area (Å²) in [5, 5.41) is 10.7. The Morgan fingerprint density at radius 1 is 1.26 bits per heavy atom. The minimum Gasteiger partial charge on any atom is -0.480 e. The smallest absolute Gasteiger partial charge is 0.317 e. The van der Waals surface area contributed by atoms with E-state index in [1.54, 1.807) is 11.3 Å². The number of hydrogen-bond donors (Lipinski definition) is 1. The Labute approximate surface area is 116 Å². The van der Waals surface area contributed by atoms with E-state index < -0.39 is 5.97 Å². The summed E-state index contributed by atoms with van der Waals surface area (Å²) in [6.45, 7) is 2.64. The molecule has 0 aliphatic carbocycles. The Balaban J connectivity index is 1.71. The van der Waals surface area contributed by atoms with Crippen molar-refractivity contribution in [3.63, 3.8) is 0 Å². The van der Waals surface area contributed by atoms with Crippen LogP contribution in [0.2, 0.25) is 0 Å². The minimum absolute atomic E-state index is 0.0667. The van der Waals surface area contributed by atoms with Crippen molar-refractivity contribution >= 4 is 23.2 Å². The maximum Gasteiger partial charge on any atom is 0.317 e. The first-order valence-corrected chi connectivity index (χ1v) is 7.27. The minimum atomic E-state index is -0.808. The van der Waals surface area contributed by atoms with Gasteiger partial charge in [0, 0.05) is 37.5 Å². The molecule has 19 heavy (non-hydrogen) atoms. The molecule has 2 rings (SSSR count). The lowest BCUT2D eigenvalue weighted by molar-refractivity contribution is -0.139. The first-order chi connectivity index (χ1) is 9.15. The lowest BCUT2D eigenvalue weighted by Crippen LogP contribution is -2.49. The zero-order valence-corrected chi connectivity index (χ0v) is 11.6. The van der Waals surface area contributed by atoms with Gasteiger partial charge in [0.15, 0.2) is 0 Å². The zero-order valence-electron chi connectivity index (χ0n) is 10.7. The van der Waals surface area contributed by atoms with Crippen molar-refractivity contribution in [1.82, 2.24) is 9.80 Å². The molecule has 1 aliphatic heterocycles. The molecule has 1 aromatic rings. The SMILES string of the molecule is O=C(O)CN1CCN(C(=O)CCc2cccs2)CC1. The normalized spacial score (nSPS) is 16.5. The van der Waals surface area contributed by atoms with Crippen LogP contribution in [0.3, 0.4) is 0 Å². The highest BCUT2D eigenvalue weighted by molar-refractivity contribution is 7.09. The molecule has 0 aromatic carbocycles. The number of piperazine rings is 1. The van der Waals surface area contributed by atoms with Gasteiger partial charge < -0.3 is 10.0 Å². The van der Waals surface area contributed by atoms with Crippen molar-refractivity contribution < 1.29 is 14.7 Å². The number of carboxylic acid groups (broad SMARTS) is 1. The van der Waals surface area contributed by atoms with Gasteiger partial charge in [0.25, 0.3) is 0 Å². The molecular formula is C13H18N2O3S. The summed E-state index contributed by atoms with van der Waals surface area (Å²) in [7, 11) is 0. The molecule has 2 heterocycles. The van der Waals surface area contributed by atoms with Crippen LogP contribution < -0.4 is 0 Å². The quantitative estimate of drug-likeness (QED) is 0.872. The fourth-order valence-corrected chi connectivity index (χ4v) is 2.90. The lowest BCUT2D eigenvalue weighted by Gasteiger charge is -2.33. The predicted octanol–water partition coefficient (Wildman–Crippen LogP) is 0.909. The van der Waals surface area contributed by atoms with E-state index in [1.165, 1.54) is 4.88 Å². The van der Waals surface area contributed by atoms with Crippen LogP contribution in [-0.2, 0) is 16.0 Å². The Kier molecular flexibility index (Phi) is 4.93. The van der Waals surface area contributed by atoms with E-state index in [2.05, 4.69) is 0 Å². The van der Waals surface area contributed by atoms with Gasteiger partial charge in [-0.2, -0.15) is 0 Å². The molecule has 1 aromatic heterocycles. The average Bonchev–Trinajstić information content (AvgIpc) is 2.89. The molecular weight excluding hydrogens is 264 g/mol. The van der Waals surface area contributed by atoms with Crippen molar-refractivity contribution in [2.45, 2.75) is 12.8 Å². The topological polar surface area (TPSA) is 60.9 Å². The highest BCUT2D eigenvalue weighted by Crippen LogP contribution is 2.12. The summed E-state index contributed by atoms with van der Waals surface area (Å²) in [5.41, 5.74) is 0. The number of carbonyl (C=O) groups is 2. The Morgan fingerprint density at radius 2 is 2.00 bits per heavy atom. The number of hydrogen-bond acceptors (Lipinski definition) is 4. The number of aryl methyl sites for hydroxylation is 1. The van der Waals surface area contributed by atoms with Crippen LogP contribution in [0.5, 0.6) is 0 Å². The van der Waals surface area contributed by atoms with Crippen molar-refractivity contribution in [3.05, 3.63) is 22.4 Å². The van der Waals surface area contributed by atoms with Crippen LogP contribution in [0.15, 0.2) is 17.5 Å². The van der Waals surface area contributed by atoms with Gasteiger partial charge in [-0.25, -0.2) is 0 Å². The number of nitrogens with zero attached hydrogens (tertiary/aromatic N) is 2. The summed E-state index contributed by atoms with van der Waals surface area (Å²) in [6.07, 6.45) is 1.34. The van der Waals surface area contributed by atoms with Crippen LogP contribution in [0.4, 0.5) is 0 Å². The van der Waals surface area contributed by atoms with Gasteiger partial charge in [-0.1, -0.05) is 6.07 Å². The molecule has 0 saturated carbocycles. The lowest BCUT2D eigenvalue weighted by atomic mass is 10.2. The first-order valence-electron chi connectivity index (χ1n) is 6.39.